The van der Waals surface area contributed by atoms with Crippen LogP contribution in [0.1, 0.15) is 47.5 Å². The molecule has 100 valence electrons. The Morgan fingerprint density at radius 3 is 2.18 bits per heavy atom. The summed E-state index contributed by atoms with van der Waals surface area (Å²) in [6.45, 7) is 9.58. The second kappa shape index (κ2) is 6.47. The summed E-state index contributed by atoms with van der Waals surface area (Å²) in [6.07, 6.45) is 0.108. The fourth-order valence-corrected chi connectivity index (χ4v) is 1.28. The minimum absolute atomic E-state index is 0.00125. The lowest BCUT2D eigenvalue weighted by Crippen LogP contribution is -2.41. The molecule has 0 aromatic carbocycles. The summed E-state index contributed by atoms with van der Waals surface area (Å²) in [5.74, 6) is -0.849. The number of carboxylic acids is 1. The third kappa shape index (κ3) is 7.60. The largest absolute Gasteiger partial charge is 0.481 e. The van der Waals surface area contributed by atoms with Crippen LogP contribution in [-0.2, 0) is 9.53 Å². The van der Waals surface area contributed by atoms with Crippen LogP contribution in [0.2, 0.25) is 0 Å². The lowest BCUT2D eigenvalue weighted by Gasteiger charge is -2.30. The Balaban J connectivity index is 4.32. The van der Waals surface area contributed by atoms with E-state index >= 15 is 0 Å². The lowest BCUT2D eigenvalue weighted by molar-refractivity contribution is -0.137. The third-order valence-corrected chi connectivity index (χ3v) is 2.04. The SMILES string of the molecule is CC(C)N(CCCC(=O)O)C(=O)OC(C)(C)C. The molecule has 0 aromatic heterocycles. The molecule has 0 bridgehead atoms. The molecule has 0 saturated heterocycles. The first-order valence-corrected chi connectivity index (χ1v) is 5.85. The number of rotatable bonds is 5. The van der Waals surface area contributed by atoms with E-state index in [4.69, 9.17) is 9.84 Å². The normalized spacial score (nSPS) is 11.4. The topological polar surface area (TPSA) is 66.8 Å². The number of hydrogen-bond donors (Lipinski definition) is 1. The van der Waals surface area contributed by atoms with Crippen molar-refractivity contribution in [2.45, 2.75) is 59.1 Å². The maximum atomic E-state index is 11.8. The highest BCUT2D eigenvalue weighted by atomic mass is 16.6. The van der Waals surface area contributed by atoms with Gasteiger partial charge in [-0.05, 0) is 41.0 Å². The standard InChI is InChI=1S/C12H23NO4/c1-9(2)13(8-6-7-10(14)15)11(16)17-12(3,4)5/h9H,6-8H2,1-5H3,(H,14,15). The highest BCUT2D eigenvalue weighted by Gasteiger charge is 2.23. The van der Waals surface area contributed by atoms with Gasteiger partial charge in [-0.15, -0.1) is 0 Å². The maximum Gasteiger partial charge on any atom is 0.410 e. The van der Waals surface area contributed by atoms with E-state index in [1.165, 1.54) is 0 Å². The van der Waals surface area contributed by atoms with Gasteiger partial charge in [-0.25, -0.2) is 4.79 Å². The molecule has 0 aliphatic carbocycles. The van der Waals surface area contributed by atoms with Gasteiger partial charge in [-0.2, -0.15) is 0 Å². The Kier molecular flexibility index (Phi) is 5.99. The highest BCUT2D eigenvalue weighted by molar-refractivity contribution is 5.69. The van der Waals surface area contributed by atoms with Gasteiger partial charge in [0.15, 0.2) is 0 Å². The molecule has 0 spiro atoms. The quantitative estimate of drug-likeness (QED) is 0.808. The number of ether oxygens (including phenoxy) is 1. The van der Waals surface area contributed by atoms with Crippen LogP contribution >= 0.6 is 0 Å². The zero-order chi connectivity index (χ0) is 13.6. The smallest absolute Gasteiger partial charge is 0.410 e. The van der Waals surface area contributed by atoms with Crippen molar-refractivity contribution in [1.29, 1.82) is 0 Å². The summed E-state index contributed by atoms with van der Waals surface area (Å²) in [4.78, 5) is 23.8. The predicted molar refractivity (Wildman–Crippen MR) is 64.9 cm³/mol. The molecule has 0 fully saturated rings. The molecular weight excluding hydrogens is 222 g/mol. The molecule has 0 aromatic rings. The predicted octanol–water partition coefficient (Wildman–Crippen LogP) is 2.50. The van der Waals surface area contributed by atoms with Crippen molar-refractivity contribution in [2.24, 2.45) is 0 Å². The molecule has 5 nitrogen and oxygen atoms in total. The van der Waals surface area contributed by atoms with Crippen LogP contribution in [-0.4, -0.2) is 40.3 Å². The van der Waals surface area contributed by atoms with E-state index in [1.54, 1.807) is 25.7 Å². The number of carboxylic acid groups (broad SMARTS) is 1. The van der Waals surface area contributed by atoms with Gasteiger partial charge in [0, 0.05) is 19.0 Å². The number of hydrogen-bond acceptors (Lipinski definition) is 3. The van der Waals surface area contributed by atoms with E-state index < -0.39 is 17.7 Å². The van der Waals surface area contributed by atoms with Crippen LogP contribution in [0.5, 0.6) is 0 Å². The van der Waals surface area contributed by atoms with Gasteiger partial charge in [0.25, 0.3) is 0 Å². The molecule has 0 atom stereocenters. The van der Waals surface area contributed by atoms with Gasteiger partial charge in [0.1, 0.15) is 5.60 Å². The molecule has 1 amide bonds. The summed E-state index contributed by atoms with van der Waals surface area (Å²) in [6, 6.07) is -0.00125. The molecule has 0 heterocycles. The fourth-order valence-electron chi connectivity index (χ4n) is 1.28. The number of carbonyl (C=O) groups excluding carboxylic acids is 1. The van der Waals surface area contributed by atoms with Gasteiger partial charge in [0.2, 0.25) is 0 Å². The van der Waals surface area contributed by atoms with Crippen molar-refractivity contribution in [3.05, 3.63) is 0 Å². The summed E-state index contributed by atoms with van der Waals surface area (Å²) in [7, 11) is 0. The number of carbonyl (C=O) groups is 2. The minimum Gasteiger partial charge on any atom is -0.481 e. The highest BCUT2D eigenvalue weighted by Crippen LogP contribution is 2.12. The van der Waals surface area contributed by atoms with E-state index in [0.717, 1.165) is 0 Å². The van der Waals surface area contributed by atoms with Crippen molar-refractivity contribution < 1.29 is 19.4 Å². The second-order valence-electron chi connectivity index (χ2n) is 5.26. The lowest BCUT2D eigenvalue weighted by atomic mass is 10.2. The molecule has 17 heavy (non-hydrogen) atoms. The van der Waals surface area contributed by atoms with Crippen molar-refractivity contribution in [1.82, 2.24) is 4.90 Å². The first-order valence-electron chi connectivity index (χ1n) is 5.85. The van der Waals surface area contributed by atoms with Gasteiger partial charge in [-0.3, -0.25) is 4.79 Å². The molecule has 1 N–H and O–H groups in total. The van der Waals surface area contributed by atoms with Crippen LogP contribution < -0.4 is 0 Å². The van der Waals surface area contributed by atoms with E-state index in [1.807, 2.05) is 13.8 Å². The molecule has 0 saturated carbocycles. The molecular formula is C12H23NO4. The Hall–Kier alpha value is -1.26. The maximum absolute atomic E-state index is 11.8. The van der Waals surface area contributed by atoms with Crippen LogP contribution in [0.15, 0.2) is 0 Å². The van der Waals surface area contributed by atoms with Crippen molar-refractivity contribution in [3.8, 4) is 0 Å². The first kappa shape index (κ1) is 15.7. The summed E-state index contributed by atoms with van der Waals surface area (Å²) in [5.41, 5.74) is -0.531. The van der Waals surface area contributed by atoms with Crippen molar-refractivity contribution >= 4 is 12.1 Å². The summed E-state index contributed by atoms with van der Waals surface area (Å²) < 4.78 is 5.26. The van der Waals surface area contributed by atoms with E-state index in [0.29, 0.717) is 13.0 Å². The van der Waals surface area contributed by atoms with E-state index in [-0.39, 0.29) is 12.5 Å². The van der Waals surface area contributed by atoms with Crippen LogP contribution in [0.4, 0.5) is 4.79 Å². The average Bonchev–Trinajstić information content (AvgIpc) is 2.07. The third-order valence-electron chi connectivity index (χ3n) is 2.04. The van der Waals surface area contributed by atoms with Crippen LogP contribution in [0.3, 0.4) is 0 Å². The first-order chi connectivity index (χ1) is 7.63. The molecule has 0 aliphatic heterocycles. The van der Waals surface area contributed by atoms with Gasteiger partial charge in [-0.1, -0.05) is 0 Å². The molecule has 0 unspecified atom stereocenters. The number of amides is 1. The average molecular weight is 245 g/mol. The van der Waals surface area contributed by atoms with Crippen LogP contribution in [0.25, 0.3) is 0 Å². The Morgan fingerprint density at radius 1 is 1.29 bits per heavy atom. The minimum atomic E-state index is -0.849. The van der Waals surface area contributed by atoms with Gasteiger partial charge in [0.05, 0.1) is 0 Å². The molecule has 0 radical (unpaired) electrons. The number of aliphatic carboxylic acids is 1. The fraction of sp³-hybridized carbons (Fsp3) is 0.833. The Bertz CT molecular complexity index is 268. The Morgan fingerprint density at radius 2 is 1.82 bits per heavy atom. The van der Waals surface area contributed by atoms with E-state index in [9.17, 15) is 9.59 Å². The van der Waals surface area contributed by atoms with Gasteiger partial charge >= 0.3 is 12.1 Å². The zero-order valence-corrected chi connectivity index (χ0v) is 11.3. The molecule has 0 rings (SSSR count). The molecule has 5 heteroatoms. The summed E-state index contributed by atoms with van der Waals surface area (Å²) >= 11 is 0. The second-order valence-corrected chi connectivity index (χ2v) is 5.26. The van der Waals surface area contributed by atoms with Crippen molar-refractivity contribution in [2.75, 3.05) is 6.54 Å². The van der Waals surface area contributed by atoms with E-state index in [2.05, 4.69) is 0 Å². The number of nitrogens with zero attached hydrogens (tertiary/aromatic N) is 1. The molecule has 0 aliphatic rings. The zero-order valence-electron chi connectivity index (χ0n) is 11.3. The monoisotopic (exact) mass is 245 g/mol. The van der Waals surface area contributed by atoms with Gasteiger partial charge < -0.3 is 14.7 Å². The summed E-state index contributed by atoms with van der Waals surface area (Å²) in [5, 5.41) is 8.56. The van der Waals surface area contributed by atoms with Crippen LogP contribution in [0, 0.1) is 0 Å². The Labute approximate surface area is 103 Å². The van der Waals surface area contributed by atoms with Crippen molar-refractivity contribution in [3.63, 3.8) is 0 Å².